The SMILES string of the molecule is COc1cc2c(=O)c(-c3ccc(O)cc3)coc2cc1OC1OC(C)C(O)C(O)C1O. The number of rotatable bonds is 4. The van der Waals surface area contributed by atoms with Crippen LogP contribution in [0.3, 0.4) is 0 Å². The molecule has 1 fully saturated rings. The third-order valence-electron chi connectivity index (χ3n) is 5.29. The van der Waals surface area contributed by atoms with E-state index in [-0.39, 0.29) is 33.6 Å². The molecule has 1 aromatic heterocycles. The van der Waals surface area contributed by atoms with E-state index in [1.807, 2.05) is 0 Å². The first-order valence-corrected chi connectivity index (χ1v) is 9.59. The molecule has 4 N–H and O–H groups in total. The summed E-state index contributed by atoms with van der Waals surface area (Å²) < 4.78 is 22.1. The van der Waals surface area contributed by atoms with Crippen molar-refractivity contribution in [2.45, 2.75) is 37.6 Å². The third-order valence-corrected chi connectivity index (χ3v) is 5.29. The van der Waals surface area contributed by atoms with Crippen molar-refractivity contribution in [3.63, 3.8) is 0 Å². The largest absolute Gasteiger partial charge is 0.508 e. The Bertz CT molecular complexity index is 1140. The number of fused-ring (bicyclic) bond motifs is 1. The Morgan fingerprint density at radius 1 is 0.968 bits per heavy atom. The number of aliphatic hydroxyl groups is 3. The summed E-state index contributed by atoms with van der Waals surface area (Å²) in [5.74, 6) is 0.388. The van der Waals surface area contributed by atoms with E-state index in [2.05, 4.69) is 0 Å². The molecule has 5 atom stereocenters. The van der Waals surface area contributed by atoms with Crippen LogP contribution >= 0.6 is 0 Å². The predicted octanol–water partition coefficient (Wildman–Crippen LogP) is 1.38. The summed E-state index contributed by atoms with van der Waals surface area (Å²) in [6.07, 6.45) is -4.96. The first kappa shape index (κ1) is 21.1. The number of hydrogen-bond donors (Lipinski definition) is 4. The van der Waals surface area contributed by atoms with Crippen LogP contribution < -0.4 is 14.9 Å². The Hall–Kier alpha value is -3.11. The summed E-state index contributed by atoms with van der Waals surface area (Å²) in [5.41, 5.74) is 0.786. The van der Waals surface area contributed by atoms with Gasteiger partial charge in [0.25, 0.3) is 0 Å². The maximum atomic E-state index is 13.0. The van der Waals surface area contributed by atoms with Crippen molar-refractivity contribution in [1.29, 1.82) is 0 Å². The zero-order chi connectivity index (χ0) is 22.3. The highest BCUT2D eigenvalue weighted by Gasteiger charge is 2.43. The molecule has 9 nitrogen and oxygen atoms in total. The van der Waals surface area contributed by atoms with Gasteiger partial charge in [0.2, 0.25) is 11.7 Å². The summed E-state index contributed by atoms with van der Waals surface area (Å²) in [6, 6.07) is 9.02. The van der Waals surface area contributed by atoms with Crippen LogP contribution in [0.2, 0.25) is 0 Å². The number of phenolic OH excluding ortho intramolecular Hbond substituents is 1. The van der Waals surface area contributed by atoms with Crippen molar-refractivity contribution < 1.29 is 39.1 Å². The van der Waals surface area contributed by atoms with Crippen LogP contribution in [0.25, 0.3) is 22.1 Å². The van der Waals surface area contributed by atoms with Gasteiger partial charge in [-0.15, -0.1) is 0 Å². The summed E-state index contributed by atoms with van der Waals surface area (Å²) in [7, 11) is 1.39. The molecule has 0 spiro atoms. The van der Waals surface area contributed by atoms with E-state index in [4.69, 9.17) is 18.6 Å². The first-order valence-electron chi connectivity index (χ1n) is 9.59. The first-order chi connectivity index (χ1) is 14.8. The molecular formula is C22H22O9. The van der Waals surface area contributed by atoms with Gasteiger partial charge in [-0.25, -0.2) is 0 Å². The smallest absolute Gasteiger partial charge is 0.229 e. The zero-order valence-corrected chi connectivity index (χ0v) is 16.8. The highest BCUT2D eigenvalue weighted by molar-refractivity contribution is 5.84. The lowest BCUT2D eigenvalue weighted by Gasteiger charge is -2.39. The number of phenols is 1. The molecule has 3 aromatic rings. The van der Waals surface area contributed by atoms with Gasteiger partial charge in [0.15, 0.2) is 11.5 Å². The van der Waals surface area contributed by atoms with Gasteiger partial charge in [-0.1, -0.05) is 12.1 Å². The second kappa shape index (κ2) is 8.20. The van der Waals surface area contributed by atoms with Gasteiger partial charge in [-0.2, -0.15) is 0 Å². The van der Waals surface area contributed by atoms with Crippen LogP contribution in [0.15, 0.2) is 51.9 Å². The number of benzene rings is 2. The molecule has 0 amide bonds. The fourth-order valence-electron chi connectivity index (χ4n) is 3.46. The minimum atomic E-state index is -1.50. The molecule has 5 unspecified atom stereocenters. The van der Waals surface area contributed by atoms with Crippen LogP contribution in [0, 0.1) is 0 Å². The van der Waals surface area contributed by atoms with E-state index >= 15 is 0 Å². The Morgan fingerprint density at radius 2 is 1.68 bits per heavy atom. The third kappa shape index (κ3) is 3.84. The molecule has 2 heterocycles. The van der Waals surface area contributed by atoms with E-state index in [9.17, 15) is 25.2 Å². The number of methoxy groups -OCH3 is 1. The summed E-state index contributed by atoms with van der Waals surface area (Å²) in [4.78, 5) is 13.0. The molecule has 1 aliphatic heterocycles. The molecule has 0 radical (unpaired) electrons. The van der Waals surface area contributed by atoms with Crippen molar-refractivity contribution >= 4 is 11.0 Å². The zero-order valence-electron chi connectivity index (χ0n) is 16.8. The van der Waals surface area contributed by atoms with Crippen molar-refractivity contribution in [3.05, 3.63) is 52.9 Å². The molecule has 0 saturated carbocycles. The van der Waals surface area contributed by atoms with E-state index < -0.39 is 30.7 Å². The molecule has 1 saturated heterocycles. The van der Waals surface area contributed by atoms with Crippen molar-refractivity contribution in [3.8, 4) is 28.4 Å². The molecule has 9 heteroatoms. The van der Waals surface area contributed by atoms with E-state index in [0.29, 0.717) is 11.1 Å². The predicted molar refractivity (Wildman–Crippen MR) is 109 cm³/mol. The topological polar surface area (TPSA) is 139 Å². The monoisotopic (exact) mass is 430 g/mol. The molecular weight excluding hydrogens is 408 g/mol. The van der Waals surface area contributed by atoms with Crippen LogP contribution in [0.1, 0.15) is 6.92 Å². The highest BCUT2D eigenvalue weighted by Crippen LogP contribution is 2.35. The van der Waals surface area contributed by atoms with Gasteiger partial charge < -0.3 is 39.1 Å². The summed E-state index contributed by atoms with van der Waals surface area (Å²) in [5, 5.41) is 39.7. The lowest BCUT2D eigenvalue weighted by molar-refractivity contribution is -0.268. The Balaban J connectivity index is 1.72. The van der Waals surface area contributed by atoms with Crippen LogP contribution in [-0.4, -0.2) is 58.2 Å². The number of aromatic hydroxyl groups is 1. The lowest BCUT2D eigenvalue weighted by Crippen LogP contribution is -2.58. The normalized spacial score (nSPS) is 26.0. The average Bonchev–Trinajstić information content (AvgIpc) is 2.77. The Labute approximate surface area is 176 Å². The lowest BCUT2D eigenvalue weighted by atomic mass is 10.00. The number of hydrogen-bond acceptors (Lipinski definition) is 9. The maximum absolute atomic E-state index is 13.0. The quantitative estimate of drug-likeness (QED) is 0.483. The fourth-order valence-corrected chi connectivity index (χ4v) is 3.46. The van der Waals surface area contributed by atoms with Crippen molar-refractivity contribution in [2.24, 2.45) is 0 Å². The number of ether oxygens (including phenoxy) is 3. The van der Waals surface area contributed by atoms with Crippen LogP contribution in [-0.2, 0) is 4.74 Å². The minimum Gasteiger partial charge on any atom is -0.508 e. The second-order valence-electron chi connectivity index (χ2n) is 7.32. The van der Waals surface area contributed by atoms with E-state index in [1.54, 1.807) is 12.1 Å². The summed E-state index contributed by atoms with van der Waals surface area (Å²) in [6.45, 7) is 1.54. The molecule has 164 valence electrons. The second-order valence-corrected chi connectivity index (χ2v) is 7.32. The number of aliphatic hydroxyl groups excluding tert-OH is 3. The summed E-state index contributed by atoms with van der Waals surface area (Å²) >= 11 is 0. The Morgan fingerprint density at radius 3 is 2.35 bits per heavy atom. The van der Waals surface area contributed by atoms with Gasteiger partial charge in [-0.3, -0.25) is 4.79 Å². The molecule has 0 bridgehead atoms. The minimum absolute atomic E-state index is 0.0801. The van der Waals surface area contributed by atoms with Crippen molar-refractivity contribution in [2.75, 3.05) is 7.11 Å². The maximum Gasteiger partial charge on any atom is 0.229 e. The van der Waals surface area contributed by atoms with Gasteiger partial charge in [-0.05, 0) is 30.7 Å². The van der Waals surface area contributed by atoms with E-state index in [1.165, 1.54) is 44.6 Å². The molecule has 4 rings (SSSR count). The molecule has 2 aromatic carbocycles. The highest BCUT2D eigenvalue weighted by atomic mass is 16.7. The van der Waals surface area contributed by atoms with Crippen molar-refractivity contribution in [1.82, 2.24) is 0 Å². The average molecular weight is 430 g/mol. The standard InChI is InChI=1S/C22H22O9/c1-10-18(24)20(26)21(27)22(30-10)31-17-8-15-13(7-16(17)28-2)19(25)14(9-29-15)11-3-5-12(23)6-4-11/h3-10,18,20-24,26-27H,1-2H3. The molecule has 0 aliphatic carbocycles. The van der Waals surface area contributed by atoms with E-state index in [0.717, 1.165) is 0 Å². The van der Waals surface area contributed by atoms with Crippen LogP contribution in [0.5, 0.6) is 17.2 Å². The van der Waals surface area contributed by atoms with Crippen LogP contribution in [0.4, 0.5) is 0 Å². The van der Waals surface area contributed by atoms with Gasteiger partial charge in [0.1, 0.15) is 35.9 Å². The molecule has 31 heavy (non-hydrogen) atoms. The van der Waals surface area contributed by atoms with Gasteiger partial charge in [0.05, 0.1) is 24.2 Å². The Kier molecular flexibility index (Phi) is 5.59. The van der Waals surface area contributed by atoms with Gasteiger partial charge in [0, 0.05) is 6.07 Å². The van der Waals surface area contributed by atoms with Gasteiger partial charge >= 0.3 is 0 Å². The molecule has 1 aliphatic rings. The fraction of sp³-hybridized carbons (Fsp3) is 0.318.